The Morgan fingerprint density at radius 3 is 3.12 bits per heavy atom. The van der Waals surface area contributed by atoms with Crippen LogP contribution in [0.1, 0.15) is 31.5 Å². The molecule has 5 heteroatoms. The molecule has 0 amide bonds. The van der Waals surface area contributed by atoms with Crippen LogP contribution in [-0.2, 0) is 13.6 Å². The summed E-state index contributed by atoms with van der Waals surface area (Å²) in [6, 6.07) is 0.655. The predicted molar refractivity (Wildman–Crippen MR) is 67.4 cm³/mol. The molecule has 2 atom stereocenters. The van der Waals surface area contributed by atoms with E-state index < -0.39 is 0 Å². The zero-order chi connectivity index (χ0) is 11.4. The van der Waals surface area contributed by atoms with Crippen LogP contribution in [0.4, 0.5) is 0 Å². The molecule has 0 aliphatic heterocycles. The lowest BCUT2D eigenvalue weighted by Crippen LogP contribution is -2.35. The summed E-state index contributed by atoms with van der Waals surface area (Å²) >= 11 is 2.00. The highest BCUT2D eigenvalue weighted by Crippen LogP contribution is 2.26. The molecule has 1 saturated carbocycles. The van der Waals surface area contributed by atoms with Crippen molar-refractivity contribution in [1.29, 1.82) is 0 Å². The second kappa shape index (κ2) is 5.68. The first-order valence-corrected chi connectivity index (χ1v) is 7.17. The van der Waals surface area contributed by atoms with Crippen LogP contribution in [0.3, 0.4) is 0 Å². The van der Waals surface area contributed by atoms with E-state index in [0.29, 0.717) is 6.04 Å². The van der Waals surface area contributed by atoms with Crippen LogP contribution in [0.15, 0.2) is 6.33 Å². The molecule has 0 bridgehead atoms. The average molecular weight is 240 g/mol. The number of hydrogen-bond acceptors (Lipinski definition) is 4. The second-order valence-corrected chi connectivity index (χ2v) is 5.54. The monoisotopic (exact) mass is 240 g/mol. The zero-order valence-corrected chi connectivity index (χ0v) is 10.8. The maximum Gasteiger partial charge on any atom is 0.140 e. The maximum atomic E-state index is 4.22. The summed E-state index contributed by atoms with van der Waals surface area (Å²) in [6.07, 6.45) is 9.15. The molecule has 1 fully saturated rings. The molecule has 1 aliphatic carbocycles. The Labute approximate surface area is 101 Å². The average Bonchev–Trinajstić information content (AvgIpc) is 2.72. The van der Waals surface area contributed by atoms with Crippen LogP contribution in [0.5, 0.6) is 0 Å². The Kier molecular flexibility index (Phi) is 4.23. The first-order chi connectivity index (χ1) is 7.79. The van der Waals surface area contributed by atoms with Gasteiger partial charge in [-0.15, -0.1) is 0 Å². The van der Waals surface area contributed by atoms with Gasteiger partial charge >= 0.3 is 0 Å². The SMILES string of the molecule is CSC1CCCC(NCc2ncnn2C)C1. The molecule has 0 saturated heterocycles. The number of aromatic nitrogens is 3. The number of nitrogens with one attached hydrogen (secondary N) is 1. The van der Waals surface area contributed by atoms with Crippen molar-refractivity contribution in [1.82, 2.24) is 20.1 Å². The molecule has 1 N–H and O–H groups in total. The summed E-state index contributed by atoms with van der Waals surface area (Å²) < 4.78 is 1.84. The fourth-order valence-electron chi connectivity index (χ4n) is 2.26. The van der Waals surface area contributed by atoms with Crippen molar-refractivity contribution >= 4 is 11.8 Å². The Hall–Kier alpha value is -0.550. The van der Waals surface area contributed by atoms with E-state index in [9.17, 15) is 0 Å². The van der Waals surface area contributed by atoms with Crippen LogP contribution in [0.2, 0.25) is 0 Å². The Bertz CT molecular complexity index is 326. The van der Waals surface area contributed by atoms with Crippen LogP contribution in [0.25, 0.3) is 0 Å². The maximum absolute atomic E-state index is 4.22. The summed E-state index contributed by atoms with van der Waals surface area (Å²) in [7, 11) is 1.94. The van der Waals surface area contributed by atoms with Gasteiger partial charge in [0.25, 0.3) is 0 Å². The van der Waals surface area contributed by atoms with Crippen LogP contribution < -0.4 is 5.32 Å². The van der Waals surface area contributed by atoms with E-state index in [1.165, 1.54) is 25.7 Å². The molecule has 90 valence electrons. The standard InChI is InChI=1S/C11H20N4S/c1-15-11(13-8-14-15)7-12-9-4-3-5-10(6-9)16-2/h8-10,12H,3-7H2,1-2H3. The minimum absolute atomic E-state index is 0.655. The van der Waals surface area contributed by atoms with Gasteiger partial charge < -0.3 is 5.32 Å². The minimum Gasteiger partial charge on any atom is -0.307 e. The number of nitrogens with zero attached hydrogens (tertiary/aromatic N) is 3. The molecular formula is C11H20N4S. The van der Waals surface area contributed by atoms with Gasteiger partial charge in [-0.3, -0.25) is 4.68 Å². The number of thioether (sulfide) groups is 1. The fourth-order valence-corrected chi connectivity index (χ4v) is 3.09. The van der Waals surface area contributed by atoms with Crippen molar-refractivity contribution in [2.24, 2.45) is 7.05 Å². The van der Waals surface area contributed by atoms with E-state index in [1.54, 1.807) is 6.33 Å². The van der Waals surface area contributed by atoms with Crippen LogP contribution in [-0.4, -0.2) is 32.3 Å². The second-order valence-electron chi connectivity index (χ2n) is 4.40. The Morgan fingerprint density at radius 2 is 2.44 bits per heavy atom. The quantitative estimate of drug-likeness (QED) is 0.867. The number of aryl methyl sites for hydroxylation is 1. The van der Waals surface area contributed by atoms with Gasteiger partial charge in [0.15, 0.2) is 0 Å². The Balaban J connectivity index is 1.79. The molecule has 1 aliphatic rings. The van der Waals surface area contributed by atoms with Gasteiger partial charge in [0.05, 0.1) is 6.54 Å². The number of hydrogen-bond donors (Lipinski definition) is 1. The van der Waals surface area contributed by atoms with E-state index in [1.807, 2.05) is 23.5 Å². The van der Waals surface area contributed by atoms with Gasteiger partial charge in [0.2, 0.25) is 0 Å². The molecule has 1 aromatic heterocycles. The van der Waals surface area contributed by atoms with E-state index in [2.05, 4.69) is 21.7 Å². The van der Waals surface area contributed by atoms with Gasteiger partial charge in [-0.25, -0.2) is 4.98 Å². The van der Waals surface area contributed by atoms with Crippen LogP contribution in [0, 0.1) is 0 Å². The molecular weight excluding hydrogens is 220 g/mol. The van der Waals surface area contributed by atoms with Gasteiger partial charge in [0, 0.05) is 18.3 Å². The summed E-state index contributed by atoms with van der Waals surface area (Å²) in [5.74, 6) is 1.02. The van der Waals surface area contributed by atoms with Gasteiger partial charge in [-0.2, -0.15) is 16.9 Å². The summed E-state index contributed by atoms with van der Waals surface area (Å²) in [4.78, 5) is 4.22. The lowest BCUT2D eigenvalue weighted by molar-refractivity contribution is 0.374. The third kappa shape index (κ3) is 2.98. The number of rotatable bonds is 4. The molecule has 16 heavy (non-hydrogen) atoms. The van der Waals surface area contributed by atoms with Gasteiger partial charge in [-0.05, 0) is 25.5 Å². The highest BCUT2D eigenvalue weighted by molar-refractivity contribution is 7.99. The smallest absolute Gasteiger partial charge is 0.140 e. The van der Waals surface area contributed by atoms with Crippen molar-refractivity contribution in [2.45, 2.75) is 43.5 Å². The molecule has 0 aromatic carbocycles. The molecule has 0 radical (unpaired) electrons. The third-order valence-electron chi connectivity index (χ3n) is 3.31. The zero-order valence-electron chi connectivity index (χ0n) is 10.0. The van der Waals surface area contributed by atoms with Gasteiger partial charge in [-0.1, -0.05) is 6.42 Å². The third-order valence-corrected chi connectivity index (χ3v) is 4.41. The highest BCUT2D eigenvalue weighted by Gasteiger charge is 2.20. The van der Waals surface area contributed by atoms with E-state index in [-0.39, 0.29) is 0 Å². The molecule has 1 aromatic rings. The van der Waals surface area contributed by atoms with E-state index in [4.69, 9.17) is 0 Å². The normalized spacial score (nSPS) is 25.9. The largest absolute Gasteiger partial charge is 0.307 e. The molecule has 2 unspecified atom stereocenters. The molecule has 1 heterocycles. The van der Waals surface area contributed by atoms with Crippen LogP contribution >= 0.6 is 11.8 Å². The lowest BCUT2D eigenvalue weighted by atomic mass is 9.95. The lowest BCUT2D eigenvalue weighted by Gasteiger charge is -2.28. The van der Waals surface area contributed by atoms with Crippen molar-refractivity contribution in [2.75, 3.05) is 6.26 Å². The molecule has 4 nitrogen and oxygen atoms in total. The topological polar surface area (TPSA) is 42.7 Å². The Morgan fingerprint density at radius 1 is 1.56 bits per heavy atom. The molecule has 2 rings (SSSR count). The van der Waals surface area contributed by atoms with Gasteiger partial charge in [0.1, 0.15) is 12.2 Å². The predicted octanol–water partition coefficient (Wildman–Crippen LogP) is 1.58. The summed E-state index contributed by atoms with van der Waals surface area (Å²) in [5.41, 5.74) is 0. The van der Waals surface area contributed by atoms with Crippen molar-refractivity contribution in [3.05, 3.63) is 12.2 Å². The molecule has 0 spiro atoms. The van der Waals surface area contributed by atoms with E-state index >= 15 is 0 Å². The summed E-state index contributed by atoms with van der Waals surface area (Å²) in [6.45, 7) is 0.836. The first-order valence-electron chi connectivity index (χ1n) is 5.88. The highest BCUT2D eigenvalue weighted by atomic mass is 32.2. The fraction of sp³-hybridized carbons (Fsp3) is 0.818. The first kappa shape index (κ1) is 11.9. The van der Waals surface area contributed by atoms with Crippen molar-refractivity contribution in [3.63, 3.8) is 0 Å². The van der Waals surface area contributed by atoms with E-state index in [0.717, 1.165) is 17.6 Å². The minimum atomic E-state index is 0.655. The van der Waals surface area contributed by atoms with Crippen molar-refractivity contribution < 1.29 is 0 Å². The summed E-state index contributed by atoms with van der Waals surface area (Å²) in [5, 5.41) is 8.50. The van der Waals surface area contributed by atoms with Crippen molar-refractivity contribution in [3.8, 4) is 0 Å².